The number of benzene rings is 2. The van der Waals surface area contributed by atoms with Gasteiger partial charge in [-0.25, -0.2) is 0 Å². The number of carbonyl (C=O) groups is 1. The van der Waals surface area contributed by atoms with Gasteiger partial charge in [-0.3, -0.25) is 9.36 Å². The van der Waals surface area contributed by atoms with E-state index in [0.29, 0.717) is 15.9 Å². The molecule has 0 radical (unpaired) electrons. The highest BCUT2D eigenvalue weighted by Crippen LogP contribution is 2.31. The van der Waals surface area contributed by atoms with Crippen molar-refractivity contribution in [3.05, 3.63) is 58.6 Å². The summed E-state index contributed by atoms with van der Waals surface area (Å²) < 4.78 is 2.04. The van der Waals surface area contributed by atoms with E-state index in [9.17, 15) is 4.79 Å². The van der Waals surface area contributed by atoms with Gasteiger partial charge in [0, 0.05) is 22.7 Å². The molecular formula is C25H29ClN4OS. The summed E-state index contributed by atoms with van der Waals surface area (Å²) in [4.78, 5) is 15.1. The number of nitrogens with zero attached hydrogens (tertiary/aromatic N) is 4. The standard InChI is InChI=1S/C25H29ClN4OS/c1-16-8-13-22(14-17(16)2)30-24(20-9-11-21(26)12-10-20)27-28-25(30)32-15-23(31)29-18(3)6-5-7-19(29)4/h8-14,18-19H,5-7,15H2,1-4H3/t18-,19+. The Hall–Kier alpha value is -2.31. The molecule has 1 fully saturated rings. The second kappa shape index (κ2) is 9.67. The summed E-state index contributed by atoms with van der Waals surface area (Å²) in [5.74, 6) is 1.25. The lowest BCUT2D eigenvalue weighted by Gasteiger charge is -2.39. The maximum atomic E-state index is 13.1. The van der Waals surface area contributed by atoms with Gasteiger partial charge in [-0.1, -0.05) is 29.4 Å². The number of halogens is 1. The zero-order valence-electron chi connectivity index (χ0n) is 19.0. The minimum absolute atomic E-state index is 0.164. The van der Waals surface area contributed by atoms with E-state index >= 15 is 0 Å². The van der Waals surface area contributed by atoms with Crippen molar-refractivity contribution in [3.63, 3.8) is 0 Å². The first-order valence-electron chi connectivity index (χ1n) is 11.1. The number of carbonyl (C=O) groups excluding carboxylic acids is 1. The van der Waals surface area contributed by atoms with Crippen molar-refractivity contribution in [1.29, 1.82) is 0 Å². The van der Waals surface area contributed by atoms with Crippen LogP contribution < -0.4 is 0 Å². The first kappa shape index (κ1) is 22.9. The van der Waals surface area contributed by atoms with Gasteiger partial charge in [0.2, 0.25) is 5.91 Å². The molecule has 0 aliphatic carbocycles. The minimum Gasteiger partial charge on any atom is -0.337 e. The normalized spacial score (nSPS) is 18.7. The summed E-state index contributed by atoms with van der Waals surface area (Å²) in [5, 5.41) is 10.3. The van der Waals surface area contributed by atoms with E-state index in [1.807, 2.05) is 33.7 Å². The third-order valence-electron chi connectivity index (χ3n) is 6.29. The Kier molecular flexibility index (Phi) is 6.91. The van der Waals surface area contributed by atoms with Crippen molar-refractivity contribution in [1.82, 2.24) is 19.7 Å². The van der Waals surface area contributed by atoms with Crippen molar-refractivity contribution in [2.45, 2.75) is 64.2 Å². The molecule has 2 aromatic carbocycles. The van der Waals surface area contributed by atoms with E-state index in [1.54, 1.807) is 0 Å². The van der Waals surface area contributed by atoms with Crippen molar-refractivity contribution < 1.29 is 4.79 Å². The third kappa shape index (κ3) is 4.71. The molecule has 1 aliphatic rings. The monoisotopic (exact) mass is 468 g/mol. The summed E-state index contributed by atoms with van der Waals surface area (Å²) in [5.41, 5.74) is 4.34. The Balaban J connectivity index is 1.66. The molecule has 5 nitrogen and oxygen atoms in total. The molecule has 32 heavy (non-hydrogen) atoms. The van der Waals surface area contributed by atoms with Gasteiger partial charge in [0.05, 0.1) is 11.4 Å². The average molecular weight is 469 g/mol. The van der Waals surface area contributed by atoms with Crippen LogP contribution in [0, 0.1) is 13.8 Å². The Morgan fingerprint density at radius 3 is 2.38 bits per heavy atom. The highest BCUT2D eigenvalue weighted by molar-refractivity contribution is 7.99. The SMILES string of the molecule is Cc1ccc(-n2c(SCC(=O)N3[C@H](C)CCC[C@@H]3C)nnc2-c2ccc(Cl)cc2)cc1C. The number of amides is 1. The van der Waals surface area contributed by atoms with Crippen LogP contribution in [0.3, 0.4) is 0 Å². The van der Waals surface area contributed by atoms with Crippen molar-refractivity contribution >= 4 is 29.3 Å². The van der Waals surface area contributed by atoms with Gasteiger partial charge in [0.1, 0.15) is 0 Å². The molecule has 0 saturated carbocycles. The minimum atomic E-state index is 0.164. The van der Waals surface area contributed by atoms with E-state index in [1.165, 1.54) is 29.3 Å². The molecule has 0 spiro atoms. The number of rotatable bonds is 5. The Bertz CT molecular complexity index is 1100. The zero-order valence-corrected chi connectivity index (χ0v) is 20.6. The summed E-state index contributed by atoms with van der Waals surface area (Å²) >= 11 is 7.54. The molecule has 2 atom stereocenters. The molecule has 7 heteroatoms. The van der Waals surface area contributed by atoms with Crippen molar-refractivity contribution in [3.8, 4) is 17.1 Å². The highest BCUT2D eigenvalue weighted by atomic mass is 35.5. The molecule has 0 unspecified atom stereocenters. The summed E-state index contributed by atoms with van der Waals surface area (Å²) in [6, 6.07) is 14.5. The highest BCUT2D eigenvalue weighted by Gasteiger charge is 2.29. The molecule has 168 valence electrons. The molecule has 0 N–H and O–H groups in total. The Labute approximate surface area is 199 Å². The van der Waals surface area contributed by atoms with Crippen LogP contribution in [0.2, 0.25) is 5.02 Å². The summed E-state index contributed by atoms with van der Waals surface area (Å²) in [7, 11) is 0. The zero-order chi connectivity index (χ0) is 22.8. The van der Waals surface area contributed by atoms with E-state index in [4.69, 9.17) is 11.6 Å². The van der Waals surface area contributed by atoms with Crippen LogP contribution in [0.25, 0.3) is 17.1 Å². The molecule has 1 aliphatic heterocycles. The van der Waals surface area contributed by atoms with Crippen LogP contribution in [-0.4, -0.2) is 43.4 Å². The number of thioether (sulfide) groups is 1. The van der Waals surface area contributed by atoms with Crippen LogP contribution in [0.4, 0.5) is 0 Å². The van der Waals surface area contributed by atoms with Gasteiger partial charge >= 0.3 is 0 Å². The van der Waals surface area contributed by atoms with Crippen molar-refractivity contribution in [2.24, 2.45) is 0 Å². The average Bonchev–Trinajstić information content (AvgIpc) is 3.18. The summed E-state index contributed by atoms with van der Waals surface area (Å²) in [6.07, 6.45) is 3.32. The van der Waals surface area contributed by atoms with Crippen LogP contribution >= 0.6 is 23.4 Å². The maximum absolute atomic E-state index is 13.1. The van der Waals surface area contributed by atoms with Crippen LogP contribution in [0.5, 0.6) is 0 Å². The van der Waals surface area contributed by atoms with Crippen molar-refractivity contribution in [2.75, 3.05) is 5.75 Å². The fourth-order valence-corrected chi connectivity index (χ4v) is 5.31. The van der Waals surface area contributed by atoms with E-state index < -0.39 is 0 Å². The molecule has 0 bridgehead atoms. The van der Waals surface area contributed by atoms with Crippen LogP contribution in [0.1, 0.15) is 44.2 Å². The molecule has 4 rings (SSSR count). The van der Waals surface area contributed by atoms with Crippen LogP contribution in [0.15, 0.2) is 47.6 Å². The molecule has 1 aromatic heterocycles. The fraction of sp³-hybridized carbons (Fsp3) is 0.400. The quantitative estimate of drug-likeness (QED) is 0.425. The van der Waals surface area contributed by atoms with Gasteiger partial charge in [0.25, 0.3) is 0 Å². The van der Waals surface area contributed by atoms with Gasteiger partial charge in [-0.15, -0.1) is 10.2 Å². The summed E-state index contributed by atoms with van der Waals surface area (Å²) in [6.45, 7) is 8.49. The number of piperidine rings is 1. The predicted molar refractivity (Wildman–Crippen MR) is 132 cm³/mol. The van der Waals surface area contributed by atoms with Gasteiger partial charge in [0.15, 0.2) is 11.0 Å². The molecule has 1 amide bonds. The van der Waals surface area contributed by atoms with E-state index in [2.05, 4.69) is 56.1 Å². The number of hydrogen-bond donors (Lipinski definition) is 0. The van der Waals surface area contributed by atoms with E-state index in [-0.39, 0.29) is 18.0 Å². The third-order valence-corrected chi connectivity index (χ3v) is 7.46. The fourth-order valence-electron chi connectivity index (χ4n) is 4.36. The molecule has 1 saturated heterocycles. The first-order chi connectivity index (χ1) is 15.3. The Morgan fingerprint density at radius 1 is 1.03 bits per heavy atom. The Morgan fingerprint density at radius 2 is 1.72 bits per heavy atom. The van der Waals surface area contributed by atoms with E-state index in [0.717, 1.165) is 29.9 Å². The van der Waals surface area contributed by atoms with Gasteiger partial charge in [-0.05, 0) is 94.5 Å². The maximum Gasteiger partial charge on any atom is 0.233 e. The smallest absolute Gasteiger partial charge is 0.233 e. The predicted octanol–water partition coefficient (Wildman–Crippen LogP) is 6.09. The second-order valence-corrected chi connectivity index (χ2v) is 10.0. The number of hydrogen-bond acceptors (Lipinski definition) is 4. The van der Waals surface area contributed by atoms with Crippen LogP contribution in [-0.2, 0) is 4.79 Å². The number of likely N-dealkylation sites (tertiary alicyclic amines) is 1. The number of aromatic nitrogens is 3. The largest absolute Gasteiger partial charge is 0.337 e. The van der Waals surface area contributed by atoms with Gasteiger partial charge in [-0.2, -0.15) is 0 Å². The second-order valence-electron chi connectivity index (χ2n) is 8.64. The lowest BCUT2D eigenvalue weighted by Crippen LogP contribution is -2.48. The topological polar surface area (TPSA) is 51.0 Å². The molecule has 3 aromatic rings. The van der Waals surface area contributed by atoms with Gasteiger partial charge < -0.3 is 4.90 Å². The molecular weight excluding hydrogens is 440 g/mol. The lowest BCUT2D eigenvalue weighted by molar-refractivity contribution is -0.134. The molecule has 2 heterocycles. The lowest BCUT2D eigenvalue weighted by atomic mass is 9.98. The first-order valence-corrected chi connectivity index (χ1v) is 12.4. The number of aryl methyl sites for hydroxylation is 2.